The van der Waals surface area contributed by atoms with Gasteiger partial charge in [-0.05, 0) is 13.8 Å². The molecule has 8 nitrogen and oxygen atoms in total. The molecule has 1 saturated heterocycles. The van der Waals surface area contributed by atoms with Crippen molar-refractivity contribution in [1.29, 1.82) is 0 Å². The lowest BCUT2D eigenvalue weighted by Gasteiger charge is -2.24. The van der Waals surface area contributed by atoms with Crippen molar-refractivity contribution >= 4 is 0 Å². The largest absolute Gasteiger partial charge is 0.394 e. The molecular formula is C11H22O8. The van der Waals surface area contributed by atoms with Gasteiger partial charge >= 0.3 is 0 Å². The molecule has 0 aromatic rings. The fraction of sp³-hybridized carbons (Fsp3) is 1.00. The van der Waals surface area contributed by atoms with Crippen LogP contribution in [0.5, 0.6) is 0 Å². The second-order valence-corrected chi connectivity index (χ2v) is 4.62. The van der Waals surface area contributed by atoms with Crippen molar-refractivity contribution in [2.75, 3.05) is 13.2 Å². The highest BCUT2D eigenvalue weighted by molar-refractivity contribution is 4.86. The quantitative estimate of drug-likeness (QED) is 0.325. The third-order valence-corrected chi connectivity index (χ3v) is 2.77. The summed E-state index contributed by atoms with van der Waals surface area (Å²) in [5, 5.41) is 46.7. The smallest absolute Gasteiger partial charge is 0.189 e. The fourth-order valence-corrected chi connectivity index (χ4v) is 1.60. The van der Waals surface area contributed by atoms with Crippen molar-refractivity contribution in [2.45, 2.75) is 56.9 Å². The van der Waals surface area contributed by atoms with E-state index >= 15 is 0 Å². The molecule has 5 N–H and O–H groups in total. The molecular weight excluding hydrogens is 260 g/mol. The summed E-state index contributed by atoms with van der Waals surface area (Å²) in [6.07, 6.45) is -7.69. The molecule has 0 aromatic heterocycles. The summed E-state index contributed by atoms with van der Waals surface area (Å²) in [4.78, 5) is 0. The second kappa shape index (κ2) is 7.46. The van der Waals surface area contributed by atoms with Crippen molar-refractivity contribution in [3.05, 3.63) is 0 Å². The highest BCUT2D eigenvalue weighted by atomic mass is 16.8. The maximum absolute atomic E-state index is 9.69. The van der Waals surface area contributed by atoms with Gasteiger partial charge in [-0.1, -0.05) is 0 Å². The highest BCUT2D eigenvalue weighted by Gasteiger charge is 2.44. The third kappa shape index (κ3) is 4.62. The van der Waals surface area contributed by atoms with E-state index in [9.17, 15) is 15.3 Å². The number of ether oxygens (including phenoxy) is 3. The maximum atomic E-state index is 9.69. The van der Waals surface area contributed by atoms with Crippen LogP contribution in [0.4, 0.5) is 0 Å². The van der Waals surface area contributed by atoms with E-state index in [1.807, 2.05) is 0 Å². The van der Waals surface area contributed by atoms with Crippen LogP contribution in [0.2, 0.25) is 0 Å². The molecule has 0 spiro atoms. The molecule has 7 atom stereocenters. The van der Waals surface area contributed by atoms with Crippen LogP contribution in [-0.4, -0.2) is 81.8 Å². The predicted octanol–water partition coefficient (Wildman–Crippen LogP) is -2.45. The molecule has 1 aliphatic heterocycles. The zero-order chi connectivity index (χ0) is 14.6. The standard InChI is InChI=1S/C11H22O8/c1-5(13)4-17-6(2)10(16)19-11-9(15)8(14)7(3-12)18-11/h5-16H,3-4H2,1-2H3/t5-,6?,7?,8?,9?,10+,11?/m0/s1. The Morgan fingerprint density at radius 2 is 1.79 bits per heavy atom. The number of rotatable bonds is 7. The summed E-state index contributed by atoms with van der Waals surface area (Å²) in [6.45, 7) is 2.61. The van der Waals surface area contributed by atoms with Crippen molar-refractivity contribution < 1.29 is 39.7 Å². The Kier molecular flexibility index (Phi) is 6.57. The molecule has 0 bridgehead atoms. The summed E-state index contributed by atoms with van der Waals surface area (Å²) in [5.41, 5.74) is 0. The van der Waals surface area contributed by atoms with Gasteiger partial charge in [0.15, 0.2) is 12.6 Å². The predicted molar refractivity (Wildman–Crippen MR) is 61.9 cm³/mol. The Balaban J connectivity index is 2.41. The molecule has 1 fully saturated rings. The number of hydrogen-bond donors (Lipinski definition) is 5. The molecule has 0 saturated carbocycles. The van der Waals surface area contributed by atoms with Crippen molar-refractivity contribution in [3.63, 3.8) is 0 Å². The summed E-state index contributed by atoms with van der Waals surface area (Å²) in [6, 6.07) is 0. The van der Waals surface area contributed by atoms with Crippen molar-refractivity contribution in [2.24, 2.45) is 0 Å². The first-order valence-corrected chi connectivity index (χ1v) is 6.12. The van der Waals surface area contributed by atoms with Gasteiger partial charge in [0, 0.05) is 0 Å². The van der Waals surface area contributed by atoms with Gasteiger partial charge in [-0.3, -0.25) is 0 Å². The summed E-state index contributed by atoms with van der Waals surface area (Å²) >= 11 is 0. The monoisotopic (exact) mass is 282 g/mol. The first-order chi connectivity index (χ1) is 8.86. The summed E-state index contributed by atoms with van der Waals surface area (Å²) in [7, 11) is 0. The van der Waals surface area contributed by atoms with Crippen LogP contribution >= 0.6 is 0 Å². The first-order valence-electron chi connectivity index (χ1n) is 6.12. The van der Waals surface area contributed by atoms with E-state index in [2.05, 4.69) is 0 Å². The van der Waals surface area contributed by atoms with Crippen molar-refractivity contribution in [3.8, 4) is 0 Å². The Morgan fingerprint density at radius 1 is 1.16 bits per heavy atom. The van der Waals surface area contributed by atoms with E-state index in [1.54, 1.807) is 0 Å². The molecule has 0 aromatic carbocycles. The van der Waals surface area contributed by atoms with Gasteiger partial charge in [0.25, 0.3) is 0 Å². The first kappa shape index (κ1) is 16.7. The number of aliphatic hydroxyl groups is 5. The lowest BCUT2D eigenvalue weighted by atomic mass is 10.1. The van der Waals surface area contributed by atoms with Gasteiger partial charge in [-0.2, -0.15) is 0 Å². The second-order valence-electron chi connectivity index (χ2n) is 4.62. The average molecular weight is 282 g/mol. The SMILES string of the molecule is CC(OC[C@H](C)O)[C@H](O)OC1OC(CO)C(O)C1O. The van der Waals surface area contributed by atoms with Gasteiger partial charge in [0.2, 0.25) is 0 Å². The summed E-state index contributed by atoms with van der Waals surface area (Å²) < 4.78 is 15.2. The normalized spacial score (nSPS) is 36.2. The molecule has 114 valence electrons. The minimum absolute atomic E-state index is 0.0254. The molecule has 1 aliphatic rings. The fourth-order valence-electron chi connectivity index (χ4n) is 1.60. The number of hydrogen-bond acceptors (Lipinski definition) is 8. The van der Waals surface area contributed by atoms with E-state index in [4.69, 9.17) is 24.4 Å². The highest BCUT2D eigenvalue weighted by Crippen LogP contribution is 2.23. The topological polar surface area (TPSA) is 129 Å². The maximum Gasteiger partial charge on any atom is 0.189 e. The minimum atomic E-state index is -1.40. The van der Waals surface area contributed by atoms with Gasteiger partial charge in [0.05, 0.1) is 19.3 Å². The van der Waals surface area contributed by atoms with Crippen LogP contribution in [0, 0.1) is 0 Å². The molecule has 0 radical (unpaired) electrons. The van der Waals surface area contributed by atoms with Gasteiger partial charge < -0.3 is 39.7 Å². The molecule has 19 heavy (non-hydrogen) atoms. The Bertz CT molecular complexity index is 261. The van der Waals surface area contributed by atoms with Gasteiger partial charge in [-0.15, -0.1) is 0 Å². The van der Waals surface area contributed by atoms with Gasteiger partial charge in [0.1, 0.15) is 24.4 Å². The molecule has 8 heteroatoms. The third-order valence-electron chi connectivity index (χ3n) is 2.77. The molecule has 0 aliphatic carbocycles. The van der Waals surface area contributed by atoms with Crippen LogP contribution in [0.1, 0.15) is 13.8 Å². The average Bonchev–Trinajstić information content (AvgIpc) is 2.63. The van der Waals surface area contributed by atoms with Crippen LogP contribution < -0.4 is 0 Å². The van der Waals surface area contributed by atoms with Crippen molar-refractivity contribution in [1.82, 2.24) is 0 Å². The van der Waals surface area contributed by atoms with Gasteiger partial charge in [-0.25, -0.2) is 0 Å². The van der Waals surface area contributed by atoms with Crippen LogP contribution in [-0.2, 0) is 14.2 Å². The zero-order valence-electron chi connectivity index (χ0n) is 10.9. The molecule has 1 heterocycles. The van der Waals surface area contributed by atoms with E-state index < -0.39 is 49.7 Å². The Labute approximate surface area is 111 Å². The Hall–Kier alpha value is -0.320. The zero-order valence-corrected chi connectivity index (χ0v) is 10.9. The lowest BCUT2D eigenvalue weighted by Crippen LogP contribution is -2.39. The molecule has 1 rings (SSSR count). The molecule has 5 unspecified atom stereocenters. The van der Waals surface area contributed by atoms with E-state index in [0.717, 1.165) is 0 Å². The van der Waals surface area contributed by atoms with E-state index in [1.165, 1.54) is 13.8 Å². The molecule has 0 amide bonds. The van der Waals surface area contributed by atoms with Crippen LogP contribution in [0.3, 0.4) is 0 Å². The summed E-state index contributed by atoms with van der Waals surface area (Å²) in [5.74, 6) is 0. The van der Waals surface area contributed by atoms with Crippen LogP contribution in [0.15, 0.2) is 0 Å². The Morgan fingerprint density at radius 3 is 2.26 bits per heavy atom. The van der Waals surface area contributed by atoms with E-state index in [0.29, 0.717) is 0 Å². The lowest BCUT2D eigenvalue weighted by molar-refractivity contribution is -0.272. The van der Waals surface area contributed by atoms with E-state index in [-0.39, 0.29) is 6.61 Å². The van der Waals surface area contributed by atoms with Crippen LogP contribution in [0.25, 0.3) is 0 Å². The minimum Gasteiger partial charge on any atom is -0.394 e. The number of aliphatic hydroxyl groups excluding tert-OH is 5.